The van der Waals surface area contributed by atoms with Gasteiger partial charge in [0.25, 0.3) is 5.91 Å². The summed E-state index contributed by atoms with van der Waals surface area (Å²) in [6.07, 6.45) is 0.0552. The van der Waals surface area contributed by atoms with E-state index in [1.165, 1.54) is 0 Å². The third-order valence-corrected chi connectivity index (χ3v) is 4.41. The molecule has 2 N–H and O–H groups in total. The van der Waals surface area contributed by atoms with Crippen LogP contribution in [0.2, 0.25) is 0 Å². The summed E-state index contributed by atoms with van der Waals surface area (Å²) in [5.74, 6) is -1.42. The Morgan fingerprint density at radius 2 is 1.74 bits per heavy atom. The second-order valence-electron chi connectivity index (χ2n) is 6.78. The molecule has 0 saturated heterocycles. The number of alkyl halides is 3. The van der Waals surface area contributed by atoms with E-state index in [1.807, 2.05) is 31.1 Å². The van der Waals surface area contributed by atoms with Crippen molar-refractivity contribution < 1.29 is 27.9 Å². The molecule has 0 saturated carbocycles. The van der Waals surface area contributed by atoms with Gasteiger partial charge in [-0.05, 0) is 24.1 Å². The molecule has 1 aliphatic rings. The number of fused-ring (bicyclic) bond motifs is 1. The van der Waals surface area contributed by atoms with Crippen molar-refractivity contribution in [1.29, 1.82) is 0 Å². The van der Waals surface area contributed by atoms with Crippen LogP contribution in [0.1, 0.15) is 21.6 Å². The Bertz CT molecular complexity index is 922. The average Bonchev–Trinajstić information content (AvgIpc) is 2.94. The molecule has 1 amide bonds. The van der Waals surface area contributed by atoms with Gasteiger partial charge in [0.15, 0.2) is 0 Å². The van der Waals surface area contributed by atoms with Crippen LogP contribution in [0.3, 0.4) is 0 Å². The summed E-state index contributed by atoms with van der Waals surface area (Å²) in [4.78, 5) is 38.6. The molecule has 12 heteroatoms. The SMILES string of the molecule is CNC(=O)c1cc2c(nc1N(C)C)CCN(c1ncccn1)CC2.O=C(O)C(F)(F)F. The molecular formula is C19H23F3N6O3. The van der Waals surface area contributed by atoms with Crippen LogP contribution in [0.25, 0.3) is 0 Å². The van der Waals surface area contributed by atoms with Crippen molar-refractivity contribution in [2.45, 2.75) is 19.0 Å². The summed E-state index contributed by atoms with van der Waals surface area (Å²) in [6.45, 7) is 1.63. The van der Waals surface area contributed by atoms with Crippen molar-refractivity contribution in [1.82, 2.24) is 20.3 Å². The normalized spacial score (nSPS) is 13.3. The lowest BCUT2D eigenvalue weighted by Gasteiger charge is -2.19. The highest BCUT2D eigenvalue weighted by atomic mass is 19.4. The predicted molar refractivity (Wildman–Crippen MR) is 107 cm³/mol. The van der Waals surface area contributed by atoms with Crippen LogP contribution >= 0.6 is 0 Å². The van der Waals surface area contributed by atoms with Gasteiger partial charge in [0, 0.05) is 58.7 Å². The van der Waals surface area contributed by atoms with Crippen molar-refractivity contribution in [3.05, 3.63) is 41.3 Å². The van der Waals surface area contributed by atoms with Gasteiger partial charge in [-0.3, -0.25) is 4.79 Å². The van der Waals surface area contributed by atoms with E-state index in [1.54, 1.807) is 19.4 Å². The molecule has 1 aliphatic heterocycles. The number of rotatable bonds is 3. The number of nitrogens with zero attached hydrogens (tertiary/aromatic N) is 5. The second kappa shape index (κ2) is 10.0. The minimum atomic E-state index is -5.08. The molecule has 0 atom stereocenters. The molecule has 0 aliphatic carbocycles. The highest BCUT2D eigenvalue weighted by Gasteiger charge is 2.38. The summed E-state index contributed by atoms with van der Waals surface area (Å²) in [5.41, 5.74) is 2.79. The number of pyridine rings is 1. The van der Waals surface area contributed by atoms with Gasteiger partial charge in [-0.1, -0.05) is 0 Å². The third kappa shape index (κ3) is 6.27. The van der Waals surface area contributed by atoms with Crippen molar-refractivity contribution in [3.63, 3.8) is 0 Å². The molecule has 3 heterocycles. The zero-order chi connectivity index (χ0) is 23.2. The molecule has 9 nitrogen and oxygen atoms in total. The van der Waals surface area contributed by atoms with Crippen molar-refractivity contribution in [2.75, 3.05) is 44.0 Å². The Kier molecular flexibility index (Phi) is 7.72. The molecule has 0 aromatic carbocycles. The predicted octanol–water partition coefficient (Wildman–Crippen LogP) is 1.54. The van der Waals surface area contributed by atoms with E-state index >= 15 is 0 Å². The lowest BCUT2D eigenvalue weighted by atomic mass is 10.0. The van der Waals surface area contributed by atoms with Crippen LogP contribution in [0, 0.1) is 0 Å². The Labute approximate surface area is 176 Å². The van der Waals surface area contributed by atoms with Gasteiger partial charge in [0.2, 0.25) is 5.95 Å². The molecule has 3 rings (SSSR count). The van der Waals surface area contributed by atoms with Gasteiger partial charge < -0.3 is 20.2 Å². The largest absolute Gasteiger partial charge is 0.490 e. The van der Waals surface area contributed by atoms with Crippen molar-refractivity contribution >= 4 is 23.6 Å². The maximum atomic E-state index is 12.2. The van der Waals surface area contributed by atoms with E-state index in [2.05, 4.69) is 20.2 Å². The summed E-state index contributed by atoms with van der Waals surface area (Å²) in [7, 11) is 5.45. The molecule has 168 valence electrons. The lowest BCUT2D eigenvalue weighted by Crippen LogP contribution is -2.27. The first-order valence-corrected chi connectivity index (χ1v) is 9.28. The van der Waals surface area contributed by atoms with Gasteiger partial charge in [-0.25, -0.2) is 19.7 Å². The number of carboxylic acids is 1. The first kappa shape index (κ1) is 23.8. The van der Waals surface area contributed by atoms with Gasteiger partial charge in [0.05, 0.1) is 5.56 Å². The number of hydrogen-bond donors (Lipinski definition) is 2. The fourth-order valence-electron chi connectivity index (χ4n) is 2.92. The van der Waals surface area contributed by atoms with E-state index in [0.717, 1.165) is 43.1 Å². The van der Waals surface area contributed by atoms with Crippen molar-refractivity contribution in [3.8, 4) is 0 Å². The van der Waals surface area contributed by atoms with E-state index in [-0.39, 0.29) is 5.91 Å². The lowest BCUT2D eigenvalue weighted by molar-refractivity contribution is -0.192. The topological polar surface area (TPSA) is 112 Å². The number of aliphatic carboxylic acids is 1. The molecule has 0 bridgehead atoms. The number of aromatic nitrogens is 3. The summed E-state index contributed by atoms with van der Waals surface area (Å²) in [5, 5.41) is 9.82. The van der Waals surface area contributed by atoms with Crippen LogP contribution in [-0.2, 0) is 17.6 Å². The van der Waals surface area contributed by atoms with Crippen molar-refractivity contribution in [2.24, 2.45) is 0 Å². The highest BCUT2D eigenvalue weighted by Crippen LogP contribution is 2.24. The number of halogens is 3. The number of carbonyl (C=O) groups is 2. The third-order valence-electron chi connectivity index (χ3n) is 4.41. The quantitative estimate of drug-likeness (QED) is 0.739. The van der Waals surface area contributed by atoms with Gasteiger partial charge in [-0.2, -0.15) is 13.2 Å². The Balaban J connectivity index is 0.000000423. The first-order valence-electron chi connectivity index (χ1n) is 9.28. The van der Waals surface area contributed by atoms with Gasteiger partial charge in [-0.15, -0.1) is 0 Å². The minimum Gasteiger partial charge on any atom is -0.475 e. The van der Waals surface area contributed by atoms with Crippen LogP contribution in [0.15, 0.2) is 24.5 Å². The summed E-state index contributed by atoms with van der Waals surface area (Å²) >= 11 is 0. The second-order valence-corrected chi connectivity index (χ2v) is 6.78. The fourth-order valence-corrected chi connectivity index (χ4v) is 2.92. The number of carbonyl (C=O) groups excluding carboxylic acids is 1. The molecule has 0 spiro atoms. The van der Waals surface area contributed by atoms with Crippen LogP contribution in [0.4, 0.5) is 24.9 Å². The zero-order valence-corrected chi connectivity index (χ0v) is 17.3. The molecular weight excluding hydrogens is 417 g/mol. The Hall–Kier alpha value is -3.44. The van der Waals surface area contributed by atoms with Crippen LogP contribution in [-0.4, -0.2) is 72.3 Å². The van der Waals surface area contributed by atoms with E-state index in [4.69, 9.17) is 14.9 Å². The Morgan fingerprint density at radius 1 is 1.16 bits per heavy atom. The monoisotopic (exact) mass is 440 g/mol. The molecule has 0 unspecified atom stereocenters. The maximum absolute atomic E-state index is 12.2. The summed E-state index contributed by atoms with van der Waals surface area (Å²) < 4.78 is 31.7. The molecule has 0 radical (unpaired) electrons. The number of anilines is 2. The van der Waals surface area contributed by atoms with E-state index in [9.17, 15) is 18.0 Å². The fraction of sp³-hybridized carbons (Fsp3) is 0.421. The number of hydrogen-bond acceptors (Lipinski definition) is 7. The summed E-state index contributed by atoms with van der Waals surface area (Å²) in [6, 6.07) is 3.79. The van der Waals surface area contributed by atoms with Gasteiger partial charge >= 0.3 is 12.1 Å². The molecule has 0 fully saturated rings. The molecule has 2 aromatic rings. The van der Waals surface area contributed by atoms with Crippen LogP contribution < -0.4 is 15.1 Å². The van der Waals surface area contributed by atoms with E-state index in [0.29, 0.717) is 11.4 Å². The maximum Gasteiger partial charge on any atom is 0.490 e. The highest BCUT2D eigenvalue weighted by molar-refractivity contribution is 5.99. The number of amides is 1. The number of carboxylic acid groups (broad SMARTS) is 1. The minimum absolute atomic E-state index is 0.110. The smallest absolute Gasteiger partial charge is 0.475 e. The zero-order valence-electron chi connectivity index (χ0n) is 17.3. The average molecular weight is 440 g/mol. The standard InChI is InChI=1S/C17H22N6O.C2HF3O2/c1-18-16(24)13-11-12-5-9-23(17-19-7-4-8-20-17)10-6-14(12)21-15(13)22(2)3;3-2(4,5)1(6)7/h4,7-8,11H,5-6,9-10H2,1-3H3,(H,18,24);(H,6,7). The van der Waals surface area contributed by atoms with E-state index < -0.39 is 12.1 Å². The molecule has 31 heavy (non-hydrogen) atoms. The first-order chi connectivity index (χ1) is 14.5. The van der Waals surface area contributed by atoms with Gasteiger partial charge in [0.1, 0.15) is 5.82 Å². The van der Waals surface area contributed by atoms with Crippen LogP contribution in [0.5, 0.6) is 0 Å². The molecule has 2 aromatic heterocycles. The number of nitrogens with one attached hydrogen (secondary N) is 1. The Morgan fingerprint density at radius 3 is 2.26 bits per heavy atom.